The normalized spacial score (nSPS) is 11.8. The van der Waals surface area contributed by atoms with Gasteiger partial charge >= 0.3 is 0 Å². The van der Waals surface area contributed by atoms with Crippen LogP contribution in [0.15, 0.2) is 95.7 Å². The summed E-state index contributed by atoms with van der Waals surface area (Å²) < 4.78 is 17.4. The minimum atomic E-state index is 0.498. The third kappa shape index (κ3) is 5.72. The number of aryl methyl sites for hydroxylation is 1. The van der Waals surface area contributed by atoms with Crippen molar-refractivity contribution in [1.82, 2.24) is 0 Å². The van der Waals surface area contributed by atoms with Crippen LogP contribution in [0.1, 0.15) is 18.9 Å². The molecule has 0 saturated heterocycles. The van der Waals surface area contributed by atoms with Crippen molar-refractivity contribution in [2.24, 2.45) is 4.99 Å². The molecule has 0 heterocycles. The summed E-state index contributed by atoms with van der Waals surface area (Å²) in [5.41, 5.74) is 2.83. The number of para-hydroxylation sites is 3. The SMILES string of the molecule is CCC(=C\Oc1ccccc1OC)/C(=N/c1ccc(C)cc1)Oc1ccccc1. The summed E-state index contributed by atoms with van der Waals surface area (Å²) in [6, 6.07) is 25.1. The van der Waals surface area contributed by atoms with Crippen molar-refractivity contribution in [1.29, 1.82) is 0 Å². The molecule has 0 aliphatic heterocycles. The molecule has 0 radical (unpaired) electrons. The zero-order valence-electron chi connectivity index (χ0n) is 17.0. The molecule has 0 amide bonds. The first kappa shape index (κ1) is 20.2. The summed E-state index contributed by atoms with van der Waals surface area (Å²) >= 11 is 0. The Labute approximate surface area is 172 Å². The van der Waals surface area contributed by atoms with Gasteiger partial charge < -0.3 is 14.2 Å². The summed E-state index contributed by atoms with van der Waals surface area (Å²) in [4.78, 5) is 4.74. The minimum absolute atomic E-state index is 0.498. The molecule has 4 heteroatoms. The molecule has 0 aromatic heterocycles. The Morgan fingerprint density at radius 2 is 1.52 bits per heavy atom. The van der Waals surface area contributed by atoms with E-state index in [1.165, 1.54) is 5.56 Å². The Balaban J connectivity index is 1.94. The predicted octanol–water partition coefficient (Wildman–Crippen LogP) is 6.49. The van der Waals surface area contributed by atoms with Crippen LogP contribution < -0.4 is 14.2 Å². The van der Waals surface area contributed by atoms with Gasteiger partial charge in [-0.25, -0.2) is 4.99 Å². The van der Waals surface area contributed by atoms with Crippen LogP contribution in [-0.2, 0) is 0 Å². The van der Waals surface area contributed by atoms with E-state index < -0.39 is 0 Å². The molecule has 0 unspecified atom stereocenters. The van der Waals surface area contributed by atoms with E-state index in [-0.39, 0.29) is 0 Å². The Bertz CT molecular complexity index is 976. The van der Waals surface area contributed by atoms with Gasteiger partial charge in [-0.05, 0) is 49.7 Å². The molecule has 0 aliphatic rings. The molecule has 0 N–H and O–H groups in total. The Hall–Kier alpha value is -3.53. The highest BCUT2D eigenvalue weighted by molar-refractivity contribution is 5.96. The van der Waals surface area contributed by atoms with Crippen LogP contribution in [0.3, 0.4) is 0 Å². The summed E-state index contributed by atoms with van der Waals surface area (Å²) in [6.45, 7) is 4.09. The molecule has 3 rings (SSSR count). The average molecular weight is 387 g/mol. The third-order valence-corrected chi connectivity index (χ3v) is 4.28. The van der Waals surface area contributed by atoms with Crippen LogP contribution in [0.2, 0.25) is 0 Å². The van der Waals surface area contributed by atoms with E-state index in [0.29, 0.717) is 23.8 Å². The molecular weight excluding hydrogens is 362 g/mol. The van der Waals surface area contributed by atoms with Crippen LogP contribution in [0.5, 0.6) is 17.2 Å². The van der Waals surface area contributed by atoms with Crippen LogP contribution in [0, 0.1) is 6.92 Å². The molecule has 0 atom stereocenters. The number of benzene rings is 3. The number of methoxy groups -OCH3 is 1. The van der Waals surface area contributed by atoms with Gasteiger partial charge in [-0.3, -0.25) is 0 Å². The van der Waals surface area contributed by atoms with Crippen molar-refractivity contribution in [3.63, 3.8) is 0 Å². The Morgan fingerprint density at radius 1 is 0.862 bits per heavy atom. The van der Waals surface area contributed by atoms with Crippen molar-refractivity contribution >= 4 is 11.6 Å². The molecule has 0 aliphatic carbocycles. The predicted molar refractivity (Wildman–Crippen MR) is 117 cm³/mol. The summed E-state index contributed by atoms with van der Waals surface area (Å²) in [5, 5.41) is 0. The van der Waals surface area contributed by atoms with Crippen molar-refractivity contribution in [2.75, 3.05) is 7.11 Å². The molecule has 0 saturated carbocycles. The molecule has 3 aromatic rings. The first-order chi connectivity index (χ1) is 14.2. The van der Waals surface area contributed by atoms with E-state index in [1.807, 2.05) is 92.7 Å². The fraction of sp³-hybridized carbons (Fsp3) is 0.160. The van der Waals surface area contributed by atoms with Gasteiger partial charge in [-0.1, -0.05) is 55.0 Å². The molecule has 0 spiro atoms. The van der Waals surface area contributed by atoms with Crippen molar-refractivity contribution in [2.45, 2.75) is 20.3 Å². The van der Waals surface area contributed by atoms with Crippen LogP contribution in [-0.4, -0.2) is 13.0 Å². The zero-order chi connectivity index (χ0) is 20.5. The summed E-state index contributed by atoms with van der Waals surface area (Å²) in [7, 11) is 1.62. The van der Waals surface area contributed by atoms with E-state index >= 15 is 0 Å². The highest BCUT2D eigenvalue weighted by atomic mass is 16.5. The lowest BCUT2D eigenvalue weighted by Crippen LogP contribution is -2.12. The number of rotatable bonds is 7. The quantitative estimate of drug-likeness (QED) is 0.264. The van der Waals surface area contributed by atoms with Gasteiger partial charge in [0.15, 0.2) is 11.5 Å². The standard InChI is InChI=1S/C25H25NO3/c1-4-20(18-28-24-13-9-8-12-23(24)27-3)25(29-22-10-6-5-7-11-22)26-21-16-14-19(2)15-17-21/h5-18H,4H2,1-3H3/b20-18+,26-25-. The molecule has 0 fully saturated rings. The second kappa shape index (κ2) is 10.1. The van der Waals surface area contributed by atoms with Gasteiger partial charge in [0.05, 0.1) is 19.1 Å². The maximum atomic E-state index is 6.12. The van der Waals surface area contributed by atoms with Crippen molar-refractivity contribution < 1.29 is 14.2 Å². The molecular formula is C25H25NO3. The number of nitrogens with zero attached hydrogens (tertiary/aromatic N) is 1. The van der Waals surface area contributed by atoms with Gasteiger partial charge in [0.2, 0.25) is 5.90 Å². The topological polar surface area (TPSA) is 40.0 Å². The second-order valence-corrected chi connectivity index (χ2v) is 6.43. The first-order valence-electron chi connectivity index (χ1n) is 9.57. The Morgan fingerprint density at radius 3 is 2.17 bits per heavy atom. The first-order valence-corrected chi connectivity index (χ1v) is 9.57. The molecule has 4 nitrogen and oxygen atoms in total. The van der Waals surface area contributed by atoms with Gasteiger partial charge in [-0.15, -0.1) is 0 Å². The summed E-state index contributed by atoms with van der Waals surface area (Å²) in [5.74, 6) is 2.52. The second-order valence-electron chi connectivity index (χ2n) is 6.43. The molecule has 0 bridgehead atoms. The lowest BCUT2D eigenvalue weighted by molar-refractivity contribution is 0.376. The average Bonchev–Trinajstić information content (AvgIpc) is 2.76. The maximum Gasteiger partial charge on any atom is 0.226 e. The number of hydrogen-bond donors (Lipinski definition) is 0. The maximum absolute atomic E-state index is 6.12. The van der Waals surface area contributed by atoms with E-state index in [1.54, 1.807) is 13.4 Å². The van der Waals surface area contributed by atoms with E-state index in [4.69, 9.17) is 19.2 Å². The van der Waals surface area contributed by atoms with E-state index in [0.717, 1.165) is 17.0 Å². The van der Waals surface area contributed by atoms with Gasteiger partial charge in [-0.2, -0.15) is 0 Å². The van der Waals surface area contributed by atoms with Crippen LogP contribution >= 0.6 is 0 Å². The lowest BCUT2D eigenvalue weighted by atomic mass is 10.2. The number of hydrogen-bond acceptors (Lipinski definition) is 4. The van der Waals surface area contributed by atoms with Gasteiger partial charge in [0, 0.05) is 5.57 Å². The monoisotopic (exact) mass is 387 g/mol. The largest absolute Gasteiger partial charge is 0.493 e. The number of ether oxygens (including phenoxy) is 3. The van der Waals surface area contributed by atoms with Crippen LogP contribution in [0.4, 0.5) is 5.69 Å². The third-order valence-electron chi connectivity index (χ3n) is 4.28. The van der Waals surface area contributed by atoms with Crippen molar-refractivity contribution in [3.8, 4) is 17.2 Å². The lowest BCUT2D eigenvalue weighted by Gasteiger charge is -2.13. The van der Waals surface area contributed by atoms with E-state index in [9.17, 15) is 0 Å². The highest BCUT2D eigenvalue weighted by Crippen LogP contribution is 2.27. The fourth-order valence-electron chi connectivity index (χ4n) is 2.63. The van der Waals surface area contributed by atoms with Gasteiger partial charge in [0.1, 0.15) is 5.75 Å². The van der Waals surface area contributed by atoms with E-state index in [2.05, 4.69) is 0 Å². The highest BCUT2D eigenvalue weighted by Gasteiger charge is 2.11. The summed E-state index contributed by atoms with van der Waals surface area (Å²) in [6.07, 6.45) is 2.36. The molecule has 29 heavy (non-hydrogen) atoms. The smallest absolute Gasteiger partial charge is 0.226 e. The molecule has 3 aromatic carbocycles. The Kier molecular flexibility index (Phi) is 7.06. The molecule has 148 valence electrons. The minimum Gasteiger partial charge on any atom is -0.493 e. The fourth-order valence-corrected chi connectivity index (χ4v) is 2.63. The van der Waals surface area contributed by atoms with Crippen molar-refractivity contribution in [3.05, 3.63) is 96.3 Å². The number of aliphatic imine (C=N–C) groups is 1. The van der Waals surface area contributed by atoms with Crippen LogP contribution in [0.25, 0.3) is 0 Å². The zero-order valence-corrected chi connectivity index (χ0v) is 17.0. The van der Waals surface area contributed by atoms with Gasteiger partial charge in [0.25, 0.3) is 0 Å².